The summed E-state index contributed by atoms with van der Waals surface area (Å²) in [5.41, 5.74) is 1.11. The number of nitrogens with zero attached hydrogens (tertiary/aromatic N) is 2. The summed E-state index contributed by atoms with van der Waals surface area (Å²) < 4.78 is 17.1. The summed E-state index contributed by atoms with van der Waals surface area (Å²) in [7, 11) is 0. The number of aliphatic hydroxyl groups is 1. The number of benzene rings is 2. The van der Waals surface area contributed by atoms with Crippen molar-refractivity contribution in [2.75, 3.05) is 46.0 Å². The predicted molar refractivity (Wildman–Crippen MR) is 148 cm³/mol. The van der Waals surface area contributed by atoms with E-state index in [4.69, 9.17) is 14.2 Å². The SMILES string of the molecule is C=CCOc1ccc(C2C(=C(O)c3ccc(OCC)cc3)C(=O)C(=O)N2CCN(CC)CC)cc1OCC. The summed E-state index contributed by atoms with van der Waals surface area (Å²) >= 11 is 0. The fourth-order valence-corrected chi connectivity index (χ4v) is 4.51. The van der Waals surface area contributed by atoms with Crippen LogP contribution in [0.5, 0.6) is 17.2 Å². The number of hydrogen-bond acceptors (Lipinski definition) is 7. The third-order valence-electron chi connectivity index (χ3n) is 6.47. The summed E-state index contributed by atoms with van der Waals surface area (Å²) in [6, 6.07) is 11.3. The molecule has 2 aromatic rings. The number of hydrogen-bond donors (Lipinski definition) is 1. The summed E-state index contributed by atoms with van der Waals surface area (Å²) in [6.45, 7) is 15.3. The van der Waals surface area contributed by atoms with Crippen LogP contribution in [-0.2, 0) is 9.59 Å². The number of rotatable bonds is 14. The highest BCUT2D eigenvalue weighted by Crippen LogP contribution is 2.42. The first-order valence-corrected chi connectivity index (χ1v) is 13.1. The van der Waals surface area contributed by atoms with E-state index in [-0.39, 0.29) is 11.3 Å². The zero-order valence-corrected chi connectivity index (χ0v) is 22.7. The van der Waals surface area contributed by atoms with Gasteiger partial charge in [0.25, 0.3) is 11.7 Å². The third-order valence-corrected chi connectivity index (χ3v) is 6.47. The molecule has 204 valence electrons. The molecule has 2 aromatic carbocycles. The van der Waals surface area contributed by atoms with Crippen molar-refractivity contribution < 1.29 is 28.9 Å². The van der Waals surface area contributed by atoms with E-state index in [2.05, 4.69) is 25.3 Å². The Morgan fingerprint density at radius 1 is 0.974 bits per heavy atom. The Kier molecular flexibility index (Phi) is 10.4. The van der Waals surface area contributed by atoms with Gasteiger partial charge in [-0.2, -0.15) is 0 Å². The predicted octanol–water partition coefficient (Wildman–Crippen LogP) is 4.81. The molecule has 1 aliphatic rings. The number of amides is 1. The molecule has 1 N–H and O–H groups in total. The summed E-state index contributed by atoms with van der Waals surface area (Å²) in [5.74, 6) is 0.0817. The first-order chi connectivity index (χ1) is 18.4. The second-order valence-corrected chi connectivity index (χ2v) is 8.72. The maximum Gasteiger partial charge on any atom is 0.295 e. The van der Waals surface area contributed by atoms with Crippen molar-refractivity contribution in [2.24, 2.45) is 0 Å². The van der Waals surface area contributed by atoms with Gasteiger partial charge in [-0.15, -0.1) is 0 Å². The van der Waals surface area contributed by atoms with E-state index in [1.807, 2.05) is 13.8 Å². The highest BCUT2D eigenvalue weighted by atomic mass is 16.5. The summed E-state index contributed by atoms with van der Waals surface area (Å²) in [5, 5.41) is 11.4. The Morgan fingerprint density at radius 3 is 2.26 bits per heavy atom. The van der Waals surface area contributed by atoms with E-state index >= 15 is 0 Å². The van der Waals surface area contributed by atoms with Gasteiger partial charge in [-0.05, 0) is 68.9 Å². The highest BCUT2D eigenvalue weighted by Gasteiger charge is 2.46. The van der Waals surface area contributed by atoms with Gasteiger partial charge in [-0.3, -0.25) is 9.59 Å². The molecule has 0 aliphatic carbocycles. The van der Waals surface area contributed by atoms with Crippen molar-refractivity contribution in [3.63, 3.8) is 0 Å². The molecule has 0 radical (unpaired) electrons. The van der Waals surface area contributed by atoms with Crippen molar-refractivity contribution in [1.29, 1.82) is 0 Å². The molecule has 0 bridgehead atoms. The minimum atomic E-state index is -0.787. The van der Waals surface area contributed by atoms with E-state index in [0.717, 1.165) is 13.1 Å². The molecule has 1 heterocycles. The normalized spacial score (nSPS) is 16.7. The standard InChI is InChI=1S/C30H38N2O6/c1-6-19-38-24-16-13-22(20-25(24)37-10-5)27-26(28(33)21-11-14-23(15-12-21)36-9-4)29(34)30(35)32(27)18-17-31(7-2)8-3/h6,11-16,20,27,33H,1,7-10,17-19H2,2-5H3. The van der Waals surface area contributed by atoms with Gasteiger partial charge in [0.2, 0.25) is 0 Å². The van der Waals surface area contributed by atoms with Crippen LogP contribution in [0.3, 0.4) is 0 Å². The lowest BCUT2D eigenvalue weighted by atomic mass is 9.95. The average molecular weight is 523 g/mol. The molecular weight excluding hydrogens is 484 g/mol. The molecule has 1 unspecified atom stereocenters. The Morgan fingerprint density at radius 2 is 1.66 bits per heavy atom. The number of aliphatic hydroxyl groups excluding tert-OH is 1. The molecule has 1 aliphatic heterocycles. The van der Waals surface area contributed by atoms with E-state index in [9.17, 15) is 14.7 Å². The van der Waals surface area contributed by atoms with E-state index in [0.29, 0.717) is 61.3 Å². The van der Waals surface area contributed by atoms with E-state index < -0.39 is 17.7 Å². The van der Waals surface area contributed by atoms with Gasteiger partial charge in [-0.25, -0.2) is 0 Å². The lowest BCUT2D eigenvalue weighted by Gasteiger charge is -2.28. The van der Waals surface area contributed by atoms with Crippen molar-refractivity contribution in [2.45, 2.75) is 33.7 Å². The third kappa shape index (κ3) is 6.37. The number of carbonyl (C=O) groups is 2. The molecule has 8 heteroatoms. The molecular formula is C30H38N2O6. The topological polar surface area (TPSA) is 88.5 Å². The molecule has 0 spiro atoms. The second-order valence-electron chi connectivity index (χ2n) is 8.72. The van der Waals surface area contributed by atoms with Crippen LogP contribution in [0.15, 0.2) is 60.7 Å². The Labute approximate surface area is 225 Å². The molecule has 8 nitrogen and oxygen atoms in total. The zero-order chi connectivity index (χ0) is 27.7. The monoisotopic (exact) mass is 522 g/mol. The van der Waals surface area contributed by atoms with Crippen LogP contribution in [-0.4, -0.2) is 72.6 Å². The van der Waals surface area contributed by atoms with Crippen LogP contribution in [0.1, 0.15) is 44.9 Å². The van der Waals surface area contributed by atoms with Crippen LogP contribution in [0.25, 0.3) is 5.76 Å². The fraction of sp³-hybridized carbons (Fsp3) is 0.400. The van der Waals surface area contributed by atoms with Crippen LogP contribution < -0.4 is 14.2 Å². The van der Waals surface area contributed by atoms with Crippen LogP contribution in [0.4, 0.5) is 0 Å². The number of likely N-dealkylation sites (tertiary alicyclic amines) is 1. The van der Waals surface area contributed by atoms with Crippen molar-refractivity contribution in [1.82, 2.24) is 9.80 Å². The molecule has 0 saturated carbocycles. The lowest BCUT2D eigenvalue weighted by Crippen LogP contribution is -2.38. The average Bonchev–Trinajstić information content (AvgIpc) is 3.18. The number of Topliss-reactive ketones (excluding diaryl/α,β-unsaturated/α-hetero) is 1. The number of likely N-dealkylation sites (N-methyl/N-ethyl adjacent to an activating group) is 1. The van der Waals surface area contributed by atoms with Gasteiger partial charge >= 0.3 is 0 Å². The van der Waals surface area contributed by atoms with Gasteiger partial charge in [0.15, 0.2) is 11.5 Å². The molecule has 1 atom stereocenters. The number of carbonyl (C=O) groups excluding carboxylic acids is 2. The molecule has 0 aromatic heterocycles. The van der Waals surface area contributed by atoms with E-state index in [1.165, 1.54) is 4.90 Å². The Bertz CT molecular complexity index is 1150. The largest absolute Gasteiger partial charge is 0.507 e. The number of ether oxygens (including phenoxy) is 3. The fourth-order valence-electron chi connectivity index (χ4n) is 4.51. The molecule has 1 fully saturated rings. The molecule has 3 rings (SSSR count). The van der Waals surface area contributed by atoms with Gasteiger partial charge in [-0.1, -0.05) is 32.6 Å². The van der Waals surface area contributed by atoms with E-state index in [1.54, 1.807) is 48.5 Å². The Hall–Kier alpha value is -3.78. The molecule has 1 saturated heterocycles. The van der Waals surface area contributed by atoms with Gasteiger partial charge < -0.3 is 29.1 Å². The number of ketones is 1. The van der Waals surface area contributed by atoms with Crippen molar-refractivity contribution in [3.8, 4) is 17.2 Å². The quantitative estimate of drug-likeness (QED) is 0.165. The Balaban J connectivity index is 2.12. The first kappa shape index (κ1) is 28.8. The second kappa shape index (κ2) is 13.7. The smallest absolute Gasteiger partial charge is 0.295 e. The maximum absolute atomic E-state index is 13.4. The molecule has 38 heavy (non-hydrogen) atoms. The van der Waals surface area contributed by atoms with Crippen LogP contribution in [0.2, 0.25) is 0 Å². The minimum absolute atomic E-state index is 0.0425. The van der Waals surface area contributed by atoms with Crippen LogP contribution >= 0.6 is 0 Å². The van der Waals surface area contributed by atoms with Gasteiger partial charge in [0.1, 0.15) is 18.1 Å². The van der Waals surface area contributed by atoms with Crippen molar-refractivity contribution in [3.05, 3.63) is 71.8 Å². The van der Waals surface area contributed by atoms with Crippen LogP contribution in [0, 0.1) is 0 Å². The minimum Gasteiger partial charge on any atom is -0.507 e. The zero-order valence-electron chi connectivity index (χ0n) is 22.7. The maximum atomic E-state index is 13.4. The molecule has 1 amide bonds. The first-order valence-electron chi connectivity index (χ1n) is 13.1. The van der Waals surface area contributed by atoms with Gasteiger partial charge in [0, 0.05) is 18.7 Å². The highest BCUT2D eigenvalue weighted by molar-refractivity contribution is 6.46. The lowest BCUT2D eigenvalue weighted by molar-refractivity contribution is -0.140. The van der Waals surface area contributed by atoms with Gasteiger partial charge in [0.05, 0.1) is 24.8 Å². The summed E-state index contributed by atoms with van der Waals surface area (Å²) in [6.07, 6.45) is 1.64. The van der Waals surface area contributed by atoms with Crippen molar-refractivity contribution >= 4 is 17.4 Å². The summed E-state index contributed by atoms with van der Waals surface area (Å²) in [4.78, 5) is 30.4.